The molecule has 0 spiro atoms. The van der Waals surface area contributed by atoms with Gasteiger partial charge in [0.1, 0.15) is 0 Å². The Kier molecular flexibility index (Phi) is 3.90. The van der Waals surface area contributed by atoms with Crippen molar-refractivity contribution in [1.29, 1.82) is 0 Å². The molecule has 2 aromatic heterocycles. The van der Waals surface area contributed by atoms with Gasteiger partial charge in [0.15, 0.2) is 5.82 Å². The molecule has 0 radical (unpaired) electrons. The number of thioether (sulfide) groups is 1. The first-order chi connectivity index (χ1) is 12.8. The van der Waals surface area contributed by atoms with E-state index in [1.54, 1.807) is 17.8 Å². The van der Waals surface area contributed by atoms with Crippen LogP contribution in [0.2, 0.25) is 0 Å². The number of nitrogens with zero attached hydrogens (tertiary/aromatic N) is 4. The number of nitrogens with one attached hydrogen (secondary N) is 1. The molecule has 5 rings (SSSR count). The highest BCUT2D eigenvalue weighted by Gasteiger charge is 2.18. The summed E-state index contributed by atoms with van der Waals surface area (Å²) in [5.74, 6) is 2.26. The van der Waals surface area contributed by atoms with Crippen LogP contribution in [-0.4, -0.2) is 36.8 Å². The van der Waals surface area contributed by atoms with Crippen molar-refractivity contribution in [2.45, 2.75) is 25.9 Å². The molecule has 1 N–H and O–H groups in total. The van der Waals surface area contributed by atoms with Crippen LogP contribution in [0.1, 0.15) is 29.1 Å². The minimum absolute atomic E-state index is 0.107. The summed E-state index contributed by atoms with van der Waals surface area (Å²) in [6.45, 7) is 2.54. The molecular formula is C19H19N5OS. The first-order valence-electron chi connectivity index (χ1n) is 8.87. The lowest BCUT2D eigenvalue weighted by molar-refractivity contribution is 0.242. The van der Waals surface area contributed by atoms with Gasteiger partial charge in [0.05, 0.1) is 5.69 Å². The van der Waals surface area contributed by atoms with Crippen LogP contribution in [0.3, 0.4) is 0 Å². The minimum atomic E-state index is -0.107. The van der Waals surface area contributed by atoms with Crippen LogP contribution in [0.15, 0.2) is 41.2 Å². The van der Waals surface area contributed by atoms with E-state index in [9.17, 15) is 4.79 Å². The van der Waals surface area contributed by atoms with Crippen LogP contribution in [0.5, 0.6) is 0 Å². The fraction of sp³-hybridized carbons (Fsp3) is 0.316. The molecule has 132 valence electrons. The Balaban J connectivity index is 1.42. The second-order valence-electron chi connectivity index (χ2n) is 6.73. The third-order valence-corrected chi connectivity index (χ3v) is 6.03. The maximum Gasteiger partial charge on any atom is 0.274 e. The summed E-state index contributed by atoms with van der Waals surface area (Å²) in [5, 5.41) is 3.08. The maximum absolute atomic E-state index is 12.5. The van der Waals surface area contributed by atoms with E-state index < -0.39 is 0 Å². The third-order valence-electron chi connectivity index (χ3n) is 4.92. The smallest absolute Gasteiger partial charge is 0.274 e. The van der Waals surface area contributed by atoms with Gasteiger partial charge in [0, 0.05) is 36.4 Å². The molecule has 0 unspecified atom stereocenters. The lowest BCUT2D eigenvalue weighted by Crippen LogP contribution is -2.31. The summed E-state index contributed by atoms with van der Waals surface area (Å²) in [7, 11) is 0. The average molecular weight is 365 g/mol. The number of aromatic amines is 1. The van der Waals surface area contributed by atoms with Gasteiger partial charge in [-0.3, -0.25) is 14.8 Å². The Morgan fingerprint density at radius 1 is 1.19 bits per heavy atom. The van der Waals surface area contributed by atoms with Gasteiger partial charge in [-0.25, -0.2) is 4.98 Å². The van der Waals surface area contributed by atoms with Crippen LogP contribution in [0.25, 0.3) is 10.7 Å². The van der Waals surface area contributed by atoms with E-state index in [4.69, 9.17) is 0 Å². The van der Waals surface area contributed by atoms with Gasteiger partial charge in [-0.15, -0.1) is 11.8 Å². The van der Waals surface area contributed by atoms with Gasteiger partial charge in [-0.2, -0.15) is 9.50 Å². The summed E-state index contributed by atoms with van der Waals surface area (Å²) in [6, 6.07) is 10.2. The molecule has 2 aliphatic rings. The highest BCUT2D eigenvalue weighted by molar-refractivity contribution is 8.08. The molecule has 6 nitrogen and oxygen atoms in total. The Labute approximate surface area is 154 Å². The van der Waals surface area contributed by atoms with Crippen molar-refractivity contribution in [3.8, 4) is 0 Å². The molecule has 0 atom stereocenters. The zero-order valence-electron chi connectivity index (χ0n) is 14.3. The Hall–Kier alpha value is -2.38. The molecule has 7 heteroatoms. The molecule has 0 bridgehead atoms. The monoisotopic (exact) mass is 365 g/mol. The number of fused-ring (bicyclic) bond motifs is 2. The third kappa shape index (κ3) is 2.87. The van der Waals surface area contributed by atoms with Gasteiger partial charge in [0.25, 0.3) is 11.3 Å². The molecule has 3 aromatic rings. The van der Waals surface area contributed by atoms with Crippen LogP contribution in [0.4, 0.5) is 0 Å². The van der Waals surface area contributed by atoms with Gasteiger partial charge >= 0.3 is 0 Å². The summed E-state index contributed by atoms with van der Waals surface area (Å²) < 4.78 is 1.43. The van der Waals surface area contributed by atoms with Crippen LogP contribution >= 0.6 is 11.8 Å². The van der Waals surface area contributed by atoms with E-state index in [0.29, 0.717) is 12.3 Å². The predicted octanol–water partition coefficient (Wildman–Crippen LogP) is 2.45. The summed E-state index contributed by atoms with van der Waals surface area (Å²) >= 11 is 1.76. The number of H-pyrrole nitrogens is 1. The number of benzene rings is 1. The SMILES string of the molecule is O=c1cc(CN2CCc3ccccc3C2)nc2nc(C3=CCCS3)[nH]n12. The second kappa shape index (κ2) is 6.41. The molecule has 2 aliphatic heterocycles. The summed E-state index contributed by atoms with van der Waals surface area (Å²) in [6.07, 6.45) is 4.23. The molecular weight excluding hydrogens is 346 g/mol. The van der Waals surface area contributed by atoms with Crippen molar-refractivity contribution in [3.05, 3.63) is 69.4 Å². The van der Waals surface area contributed by atoms with Crippen LogP contribution in [0, 0.1) is 0 Å². The standard InChI is InChI=1S/C19H19N5OS/c25-17-10-15(12-23-8-7-13-4-1-2-5-14(13)11-23)20-19-21-18(22-24(17)19)16-6-3-9-26-16/h1-2,4-6,10H,3,7-9,11-12H2,(H,20,21,22). The van der Waals surface area contributed by atoms with E-state index in [1.807, 2.05) is 0 Å². The lowest BCUT2D eigenvalue weighted by atomic mass is 10.00. The largest absolute Gasteiger partial charge is 0.293 e. The highest BCUT2D eigenvalue weighted by atomic mass is 32.2. The van der Waals surface area contributed by atoms with Crippen molar-refractivity contribution >= 4 is 22.4 Å². The van der Waals surface area contributed by atoms with Crippen molar-refractivity contribution in [3.63, 3.8) is 0 Å². The summed E-state index contributed by atoms with van der Waals surface area (Å²) in [5.41, 5.74) is 3.46. The first-order valence-corrected chi connectivity index (χ1v) is 9.86. The minimum Gasteiger partial charge on any atom is -0.293 e. The molecule has 4 heterocycles. The number of hydrogen-bond donors (Lipinski definition) is 1. The number of aromatic nitrogens is 4. The zero-order chi connectivity index (χ0) is 17.5. The van der Waals surface area contributed by atoms with E-state index in [0.717, 1.165) is 48.1 Å². The molecule has 26 heavy (non-hydrogen) atoms. The molecule has 0 saturated heterocycles. The van der Waals surface area contributed by atoms with Crippen molar-refractivity contribution in [2.24, 2.45) is 0 Å². The Bertz CT molecular complexity index is 1070. The normalized spacial score (nSPS) is 17.5. The van der Waals surface area contributed by atoms with Gasteiger partial charge in [0.2, 0.25) is 0 Å². The number of allylic oxidation sites excluding steroid dienone is 1. The summed E-state index contributed by atoms with van der Waals surface area (Å²) in [4.78, 5) is 25.1. The molecule has 0 amide bonds. The Morgan fingerprint density at radius 2 is 2.08 bits per heavy atom. The zero-order valence-corrected chi connectivity index (χ0v) is 15.1. The van der Waals surface area contributed by atoms with E-state index in [1.165, 1.54) is 15.6 Å². The molecule has 0 fully saturated rings. The van der Waals surface area contributed by atoms with Crippen molar-refractivity contribution < 1.29 is 0 Å². The van der Waals surface area contributed by atoms with Crippen LogP contribution in [-0.2, 0) is 19.5 Å². The van der Waals surface area contributed by atoms with Crippen molar-refractivity contribution in [1.82, 2.24) is 24.5 Å². The van der Waals surface area contributed by atoms with E-state index >= 15 is 0 Å². The molecule has 0 saturated carbocycles. The lowest BCUT2D eigenvalue weighted by Gasteiger charge is -2.28. The Morgan fingerprint density at radius 3 is 2.92 bits per heavy atom. The fourth-order valence-electron chi connectivity index (χ4n) is 3.62. The average Bonchev–Trinajstić information content (AvgIpc) is 3.31. The number of hydrogen-bond acceptors (Lipinski definition) is 5. The predicted molar refractivity (Wildman–Crippen MR) is 103 cm³/mol. The molecule has 1 aromatic carbocycles. The van der Waals surface area contributed by atoms with Crippen molar-refractivity contribution in [2.75, 3.05) is 12.3 Å². The van der Waals surface area contributed by atoms with E-state index in [-0.39, 0.29) is 5.56 Å². The topological polar surface area (TPSA) is 66.3 Å². The fourth-order valence-corrected chi connectivity index (χ4v) is 4.54. The van der Waals surface area contributed by atoms with Gasteiger partial charge < -0.3 is 0 Å². The van der Waals surface area contributed by atoms with Gasteiger partial charge in [-0.05, 0) is 24.0 Å². The second-order valence-corrected chi connectivity index (χ2v) is 7.86. The van der Waals surface area contributed by atoms with Gasteiger partial charge in [-0.1, -0.05) is 30.3 Å². The maximum atomic E-state index is 12.5. The first kappa shape index (κ1) is 15.8. The quantitative estimate of drug-likeness (QED) is 0.772. The highest BCUT2D eigenvalue weighted by Crippen LogP contribution is 2.31. The molecule has 0 aliphatic carbocycles. The van der Waals surface area contributed by atoms with E-state index in [2.05, 4.69) is 50.3 Å². The van der Waals surface area contributed by atoms with Crippen LogP contribution < -0.4 is 5.56 Å². The number of rotatable bonds is 3.